The summed E-state index contributed by atoms with van der Waals surface area (Å²) >= 11 is 6.86. The van der Waals surface area contributed by atoms with E-state index in [9.17, 15) is 9.36 Å². The molecule has 3 N–H and O–H groups in total. The summed E-state index contributed by atoms with van der Waals surface area (Å²) in [5, 5.41) is 2.57. The summed E-state index contributed by atoms with van der Waals surface area (Å²) in [5.74, 6) is -0.367. The summed E-state index contributed by atoms with van der Waals surface area (Å²) in [6.07, 6.45) is -0.566. The molecule has 0 unspecified atom stereocenters. The normalized spacial score (nSPS) is 25.4. The lowest BCUT2D eigenvalue weighted by molar-refractivity contribution is -0.149. The van der Waals surface area contributed by atoms with E-state index in [0.29, 0.717) is 17.8 Å². The van der Waals surface area contributed by atoms with Crippen LogP contribution in [0.15, 0.2) is 6.33 Å². The lowest BCUT2D eigenvalue weighted by Crippen LogP contribution is -2.41. The van der Waals surface area contributed by atoms with Gasteiger partial charge in [-0.15, -0.1) is 11.6 Å². The fraction of sp³-hybridized carbons (Fsp3) is 0.684. The number of halogens is 1. The molecule has 0 spiro atoms. The molecule has 0 aliphatic carbocycles. The number of carbonyl (C=O) groups excluding carboxylic acids is 1. The summed E-state index contributed by atoms with van der Waals surface area (Å²) in [5.41, 5.74) is 6.58. The molecule has 3 heterocycles. The van der Waals surface area contributed by atoms with Gasteiger partial charge in [0.2, 0.25) is 11.8 Å². The number of carbonyl (C=O) groups is 1. The van der Waals surface area contributed by atoms with Crippen molar-refractivity contribution in [2.75, 3.05) is 26.1 Å². The van der Waals surface area contributed by atoms with Crippen LogP contribution in [0.1, 0.15) is 40.8 Å². The Morgan fingerprint density at radius 3 is 2.76 bits per heavy atom. The van der Waals surface area contributed by atoms with Crippen molar-refractivity contribution < 1.29 is 32.6 Å². The fourth-order valence-electron chi connectivity index (χ4n) is 3.38. The number of esters is 1. The maximum atomic E-state index is 13.2. The summed E-state index contributed by atoms with van der Waals surface area (Å²) in [4.78, 5) is 23.5. The summed E-state index contributed by atoms with van der Waals surface area (Å²) in [7, 11) is -2.76. The molecule has 1 fully saturated rings. The number of aromatic nitrogens is 4. The first kappa shape index (κ1) is 26.6. The zero-order valence-corrected chi connectivity index (χ0v) is 21.5. The molecule has 2 aromatic heterocycles. The third-order valence-electron chi connectivity index (χ3n) is 5.02. The molecule has 1 aliphatic heterocycles. The molecule has 15 heteroatoms. The van der Waals surface area contributed by atoms with E-state index in [1.54, 1.807) is 25.3 Å². The third kappa shape index (κ3) is 5.45. The van der Waals surface area contributed by atoms with Gasteiger partial charge in [0.1, 0.15) is 17.0 Å². The predicted molar refractivity (Wildman–Crippen MR) is 123 cm³/mol. The van der Waals surface area contributed by atoms with Crippen molar-refractivity contribution in [1.29, 1.82) is 0 Å². The van der Waals surface area contributed by atoms with Crippen molar-refractivity contribution in [2.24, 2.45) is 0 Å². The van der Waals surface area contributed by atoms with E-state index in [-0.39, 0.29) is 24.5 Å². The lowest BCUT2D eigenvalue weighted by atomic mass is 10.1. The third-order valence-corrected chi connectivity index (χ3v) is 7.17. The molecular formula is C19H30ClN6O7P. The Hall–Kier alpha value is -2.02. The smallest absolute Gasteiger partial charge is 0.406 e. The van der Waals surface area contributed by atoms with Crippen LogP contribution in [-0.2, 0) is 27.9 Å². The molecule has 0 aromatic carbocycles. The van der Waals surface area contributed by atoms with Gasteiger partial charge in [0.05, 0.1) is 25.6 Å². The van der Waals surface area contributed by atoms with Crippen molar-refractivity contribution in [3.8, 4) is 5.88 Å². The van der Waals surface area contributed by atoms with Crippen LogP contribution < -0.4 is 15.6 Å². The first-order chi connectivity index (χ1) is 15.9. The van der Waals surface area contributed by atoms with Gasteiger partial charge in [-0.2, -0.15) is 9.97 Å². The number of ether oxygens (including phenoxy) is 3. The molecule has 0 bridgehead atoms. The molecule has 1 saturated heterocycles. The molecule has 5 atom stereocenters. The number of nitrogen functional groups attached to an aromatic ring is 1. The van der Waals surface area contributed by atoms with Gasteiger partial charge in [-0.1, -0.05) is 0 Å². The van der Waals surface area contributed by atoms with E-state index in [2.05, 4.69) is 20.0 Å². The minimum Gasteiger partial charge on any atom is -0.476 e. The standard InChI is InChI=1S/C19H30ClN6O7P/c1-7-30-15-13-14(23-18(21)24-15)26(9-22-13)17-19(5,20)12(8-31-17)33-34(28,29-6)25-11(4)16(27)32-10(2)3/h9-12,17H,7-8H2,1-6H3,(H,25,28)(H2,21,23,24)/t11-,12-,17-,19-,34+/m1/s1. The number of nitrogens with one attached hydrogen (secondary N) is 1. The van der Waals surface area contributed by atoms with Crippen LogP contribution >= 0.6 is 19.3 Å². The maximum absolute atomic E-state index is 13.2. The number of hydrogen-bond acceptors (Lipinski definition) is 11. The average Bonchev–Trinajstić information content (AvgIpc) is 3.27. The number of nitrogens with zero attached hydrogens (tertiary/aromatic N) is 4. The second-order valence-electron chi connectivity index (χ2n) is 8.09. The summed E-state index contributed by atoms with van der Waals surface area (Å²) < 4.78 is 42.2. The van der Waals surface area contributed by atoms with E-state index in [1.165, 1.54) is 20.4 Å². The van der Waals surface area contributed by atoms with Crippen molar-refractivity contribution in [3.05, 3.63) is 6.33 Å². The zero-order chi connectivity index (χ0) is 25.3. The van der Waals surface area contributed by atoms with Crippen molar-refractivity contribution >= 4 is 42.4 Å². The largest absolute Gasteiger partial charge is 0.476 e. The first-order valence-electron chi connectivity index (χ1n) is 10.7. The van der Waals surface area contributed by atoms with Crippen LogP contribution in [0.25, 0.3) is 11.2 Å². The minimum atomic E-state index is -3.96. The van der Waals surface area contributed by atoms with Crippen molar-refractivity contribution in [1.82, 2.24) is 24.6 Å². The number of alkyl halides is 1. The number of nitrogens with two attached hydrogens (primary N) is 1. The highest BCUT2D eigenvalue weighted by Gasteiger charge is 2.52. The highest BCUT2D eigenvalue weighted by Crippen LogP contribution is 2.52. The van der Waals surface area contributed by atoms with E-state index in [1.807, 2.05) is 6.92 Å². The van der Waals surface area contributed by atoms with Gasteiger partial charge in [-0.3, -0.25) is 13.9 Å². The van der Waals surface area contributed by atoms with Crippen LogP contribution in [0.2, 0.25) is 0 Å². The lowest BCUT2D eigenvalue weighted by Gasteiger charge is -2.31. The molecule has 0 saturated carbocycles. The van der Waals surface area contributed by atoms with E-state index in [0.717, 1.165) is 0 Å². The zero-order valence-electron chi connectivity index (χ0n) is 19.9. The van der Waals surface area contributed by atoms with Crippen LogP contribution in [0.4, 0.5) is 5.95 Å². The minimum absolute atomic E-state index is 0.00451. The molecule has 0 radical (unpaired) electrons. The number of imidazole rings is 1. The average molecular weight is 521 g/mol. The van der Waals surface area contributed by atoms with Gasteiger partial charge in [0.25, 0.3) is 0 Å². The molecule has 1 aliphatic rings. The molecule has 0 amide bonds. The highest BCUT2D eigenvalue weighted by atomic mass is 35.5. The highest BCUT2D eigenvalue weighted by molar-refractivity contribution is 7.51. The number of fused-ring (bicyclic) bond motifs is 1. The Bertz CT molecular complexity index is 1080. The summed E-state index contributed by atoms with van der Waals surface area (Å²) in [6, 6.07) is -0.956. The Morgan fingerprint density at radius 2 is 2.15 bits per heavy atom. The second kappa shape index (κ2) is 10.3. The SMILES string of the molecule is CCOc1nc(N)nc2c1ncn2[C@@H]1OC[C@@H](O[P@](=O)(N[C@H](C)C(=O)OC(C)C)OC)[C@@]1(C)Cl. The van der Waals surface area contributed by atoms with Gasteiger partial charge in [-0.05, 0) is 34.6 Å². The van der Waals surface area contributed by atoms with Crippen LogP contribution in [-0.4, -0.2) is 68.9 Å². The quantitative estimate of drug-likeness (QED) is 0.267. The van der Waals surface area contributed by atoms with Gasteiger partial charge in [0.15, 0.2) is 17.4 Å². The van der Waals surface area contributed by atoms with Gasteiger partial charge < -0.3 is 24.5 Å². The van der Waals surface area contributed by atoms with Crippen molar-refractivity contribution in [3.63, 3.8) is 0 Å². The number of hydrogen-bond donors (Lipinski definition) is 2. The second-order valence-corrected chi connectivity index (χ2v) is 10.7. The molecular weight excluding hydrogens is 491 g/mol. The van der Waals surface area contributed by atoms with Gasteiger partial charge in [-0.25, -0.2) is 14.6 Å². The molecule has 3 rings (SSSR count). The number of rotatable bonds is 10. The van der Waals surface area contributed by atoms with E-state index in [4.69, 9.17) is 40.6 Å². The molecule has 2 aromatic rings. The Kier molecular flexibility index (Phi) is 8.06. The Morgan fingerprint density at radius 1 is 1.44 bits per heavy atom. The van der Waals surface area contributed by atoms with Crippen LogP contribution in [0.3, 0.4) is 0 Å². The van der Waals surface area contributed by atoms with E-state index >= 15 is 0 Å². The van der Waals surface area contributed by atoms with Gasteiger partial charge >= 0.3 is 13.7 Å². The predicted octanol–water partition coefficient (Wildman–Crippen LogP) is 2.40. The van der Waals surface area contributed by atoms with Crippen LogP contribution in [0, 0.1) is 0 Å². The van der Waals surface area contributed by atoms with Gasteiger partial charge in [0, 0.05) is 7.11 Å². The number of anilines is 1. The maximum Gasteiger partial charge on any atom is 0.406 e. The Labute approximate surface area is 202 Å². The molecule has 13 nitrogen and oxygen atoms in total. The molecule has 34 heavy (non-hydrogen) atoms. The van der Waals surface area contributed by atoms with Crippen molar-refractivity contribution in [2.45, 2.75) is 64.0 Å². The summed E-state index contributed by atoms with van der Waals surface area (Å²) in [6.45, 7) is 8.72. The molecule has 190 valence electrons. The Balaban J connectivity index is 1.83. The van der Waals surface area contributed by atoms with Crippen LogP contribution in [0.5, 0.6) is 5.88 Å². The monoisotopic (exact) mass is 520 g/mol. The first-order valence-corrected chi connectivity index (χ1v) is 12.6. The fourth-order valence-corrected chi connectivity index (χ4v) is 5.17. The van der Waals surface area contributed by atoms with E-state index < -0.39 is 37.0 Å². The topological polar surface area (TPSA) is 162 Å².